The summed E-state index contributed by atoms with van der Waals surface area (Å²) in [5.41, 5.74) is 5.41. The molecule has 1 atom stereocenters. The second-order valence-electron chi connectivity index (χ2n) is 4.65. The highest BCUT2D eigenvalue weighted by molar-refractivity contribution is 5.89. The van der Waals surface area contributed by atoms with Crippen LogP contribution in [-0.4, -0.2) is 29.4 Å². The number of hydrogen-bond donors (Lipinski definition) is 1. The lowest BCUT2D eigenvalue weighted by molar-refractivity contribution is -0.135. The van der Waals surface area contributed by atoms with Gasteiger partial charge in [0.25, 0.3) is 0 Å². The van der Waals surface area contributed by atoms with Gasteiger partial charge in [-0.05, 0) is 31.6 Å². The van der Waals surface area contributed by atoms with E-state index in [0.29, 0.717) is 5.92 Å². The molecule has 0 aromatic heterocycles. The van der Waals surface area contributed by atoms with Gasteiger partial charge in [-0.1, -0.05) is 6.92 Å². The molecule has 1 amide bonds. The molecular formula is C10H18N2O. The van der Waals surface area contributed by atoms with Crippen LogP contribution in [0, 0.1) is 5.92 Å². The van der Waals surface area contributed by atoms with Crippen LogP contribution in [0.4, 0.5) is 0 Å². The molecule has 1 saturated carbocycles. The topological polar surface area (TPSA) is 46.3 Å². The number of amides is 1. The Morgan fingerprint density at radius 1 is 1.54 bits per heavy atom. The highest BCUT2D eigenvalue weighted by Gasteiger charge is 2.48. The zero-order chi connectivity index (χ0) is 9.47. The standard InChI is InChI=1S/C10H18N2O/c1-8-3-2-6-12(7-8)9(13)10(11)4-5-10/h8H,2-7,11H2,1H3/t8-/m1/s1. The number of nitrogens with zero attached hydrogens (tertiary/aromatic N) is 1. The molecule has 1 aliphatic heterocycles. The number of rotatable bonds is 1. The van der Waals surface area contributed by atoms with Crippen molar-refractivity contribution in [3.8, 4) is 0 Å². The maximum atomic E-state index is 11.8. The summed E-state index contributed by atoms with van der Waals surface area (Å²) in [4.78, 5) is 13.8. The average Bonchev–Trinajstić information content (AvgIpc) is 2.84. The van der Waals surface area contributed by atoms with Crippen molar-refractivity contribution < 1.29 is 4.79 Å². The summed E-state index contributed by atoms with van der Waals surface area (Å²) in [5, 5.41) is 0. The third kappa shape index (κ3) is 1.70. The first-order valence-corrected chi connectivity index (χ1v) is 5.20. The molecule has 0 aromatic rings. The van der Waals surface area contributed by atoms with Crippen LogP contribution in [0.3, 0.4) is 0 Å². The molecule has 2 rings (SSSR count). The molecule has 74 valence electrons. The lowest BCUT2D eigenvalue weighted by Crippen LogP contribution is -2.49. The number of carbonyl (C=O) groups excluding carboxylic acids is 1. The van der Waals surface area contributed by atoms with E-state index in [-0.39, 0.29) is 5.91 Å². The van der Waals surface area contributed by atoms with E-state index in [0.717, 1.165) is 32.4 Å². The van der Waals surface area contributed by atoms with Crippen molar-refractivity contribution in [1.82, 2.24) is 4.90 Å². The molecule has 2 fully saturated rings. The van der Waals surface area contributed by atoms with E-state index in [1.165, 1.54) is 6.42 Å². The predicted octanol–water partition coefficient (Wildman–Crippen LogP) is 0.736. The number of piperidine rings is 1. The van der Waals surface area contributed by atoms with Gasteiger partial charge in [-0.25, -0.2) is 0 Å². The van der Waals surface area contributed by atoms with Crippen LogP contribution < -0.4 is 5.73 Å². The maximum absolute atomic E-state index is 11.8. The number of nitrogens with two attached hydrogens (primary N) is 1. The van der Waals surface area contributed by atoms with E-state index in [9.17, 15) is 4.79 Å². The van der Waals surface area contributed by atoms with Crippen LogP contribution in [-0.2, 0) is 4.79 Å². The van der Waals surface area contributed by atoms with E-state index in [1.54, 1.807) is 0 Å². The van der Waals surface area contributed by atoms with Crippen LogP contribution >= 0.6 is 0 Å². The molecule has 1 heterocycles. The van der Waals surface area contributed by atoms with Gasteiger partial charge in [0, 0.05) is 13.1 Å². The summed E-state index contributed by atoms with van der Waals surface area (Å²) >= 11 is 0. The van der Waals surface area contributed by atoms with Gasteiger partial charge < -0.3 is 10.6 Å². The Balaban J connectivity index is 1.96. The minimum atomic E-state index is -0.461. The second kappa shape index (κ2) is 2.98. The molecule has 0 radical (unpaired) electrons. The largest absolute Gasteiger partial charge is 0.341 e. The van der Waals surface area contributed by atoms with Gasteiger partial charge in [0.2, 0.25) is 5.91 Å². The van der Waals surface area contributed by atoms with Gasteiger partial charge in [0.05, 0.1) is 5.54 Å². The zero-order valence-electron chi connectivity index (χ0n) is 8.25. The van der Waals surface area contributed by atoms with Crippen LogP contribution in [0.1, 0.15) is 32.6 Å². The summed E-state index contributed by atoms with van der Waals surface area (Å²) in [6.07, 6.45) is 4.16. The second-order valence-corrected chi connectivity index (χ2v) is 4.65. The molecule has 0 unspecified atom stereocenters. The summed E-state index contributed by atoms with van der Waals surface area (Å²) in [7, 11) is 0. The minimum absolute atomic E-state index is 0.194. The normalized spacial score (nSPS) is 31.5. The fourth-order valence-electron chi connectivity index (χ4n) is 2.04. The van der Waals surface area contributed by atoms with Gasteiger partial charge in [-0.3, -0.25) is 4.79 Å². The van der Waals surface area contributed by atoms with E-state index in [4.69, 9.17) is 5.73 Å². The van der Waals surface area contributed by atoms with E-state index in [2.05, 4.69) is 6.92 Å². The zero-order valence-corrected chi connectivity index (χ0v) is 8.25. The molecule has 0 bridgehead atoms. The third-order valence-corrected chi connectivity index (χ3v) is 3.16. The molecule has 2 N–H and O–H groups in total. The minimum Gasteiger partial charge on any atom is -0.341 e. The maximum Gasteiger partial charge on any atom is 0.242 e. The van der Waals surface area contributed by atoms with Crippen molar-refractivity contribution in [1.29, 1.82) is 0 Å². The third-order valence-electron chi connectivity index (χ3n) is 3.16. The Bertz CT molecular complexity index is 223. The molecule has 1 saturated heterocycles. The van der Waals surface area contributed by atoms with Crippen LogP contribution in [0.15, 0.2) is 0 Å². The SMILES string of the molecule is C[C@@H]1CCCN(C(=O)C2(N)CC2)C1. The average molecular weight is 182 g/mol. The highest BCUT2D eigenvalue weighted by Crippen LogP contribution is 2.35. The van der Waals surface area contributed by atoms with Crippen molar-refractivity contribution in [2.75, 3.05) is 13.1 Å². The van der Waals surface area contributed by atoms with Crippen molar-refractivity contribution in [3.63, 3.8) is 0 Å². The lowest BCUT2D eigenvalue weighted by atomic mass is 9.99. The van der Waals surface area contributed by atoms with E-state index >= 15 is 0 Å². The van der Waals surface area contributed by atoms with Gasteiger partial charge in [-0.15, -0.1) is 0 Å². The van der Waals surface area contributed by atoms with Gasteiger partial charge >= 0.3 is 0 Å². The molecule has 3 nitrogen and oxygen atoms in total. The first-order valence-electron chi connectivity index (χ1n) is 5.20. The van der Waals surface area contributed by atoms with Crippen LogP contribution in [0.2, 0.25) is 0 Å². The van der Waals surface area contributed by atoms with E-state index in [1.807, 2.05) is 4.90 Å². The summed E-state index contributed by atoms with van der Waals surface area (Å²) in [5.74, 6) is 0.846. The molecule has 3 heteroatoms. The van der Waals surface area contributed by atoms with Crippen molar-refractivity contribution in [3.05, 3.63) is 0 Å². The van der Waals surface area contributed by atoms with Crippen molar-refractivity contribution >= 4 is 5.91 Å². The molecule has 0 aromatic carbocycles. The molecular weight excluding hydrogens is 164 g/mol. The summed E-state index contributed by atoms with van der Waals surface area (Å²) < 4.78 is 0. The molecule has 13 heavy (non-hydrogen) atoms. The fourth-order valence-corrected chi connectivity index (χ4v) is 2.04. The predicted molar refractivity (Wildman–Crippen MR) is 51.1 cm³/mol. The summed E-state index contributed by atoms with van der Waals surface area (Å²) in [6.45, 7) is 4.04. The molecule has 0 spiro atoms. The molecule has 2 aliphatic rings. The lowest BCUT2D eigenvalue weighted by Gasteiger charge is -2.32. The van der Waals surface area contributed by atoms with E-state index < -0.39 is 5.54 Å². The smallest absolute Gasteiger partial charge is 0.242 e. The van der Waals surface area contributed by atoms with Crippen LogP contribution in [0.5, 0.6) is 0 Å². The fraction of sp³-hybridized carbons (Fsp3) is 0.900. The van der Waals surface area contributed by atoms with Gasteiger partial charge in [0.15, 0.2) is 0 Å². The Morgan fingerprint density at radius 3 is 2.77 bits per heavy atom. The van der Waals surface area contributed by atoms with Gasteiger partial charge in [-0.2, -0.15) is 0 Å². The Kier molecular flexibility index (Phi) is 2.06. The quantitative estimate of drug-likeness (QED) is 0.650. The van der Waals surface area contributed by atoms with Crippen molar-refractivity contribution in [2.24, 2.45) is 11.7 Å². The van der Waals surface area contributed by atoms with Gasteiger partial charge in [0.1, 0.15) is 0 Å². The number of carbonyl (C=O) groups is 1. The Hall–Kier alpha value is -0.570. The summed E-state index contributed by atoms with van der Waals surface area (Å²) in [6, 6.07) is 0. The number of likely N-dealkylation sites (tertiary alicyclic amines) is 1. The van der Waals surface area contributed by atoms with Crippen LogP contribution in [0.25, 0.3) is 0 Å². The number of hydrogen-bond acceptors (Lipinski definition) is 2. The molecule has 1 aliphatic carbocycles. The van der Waals surface area contributed by atoms with Crippen molar-refractivity contribution in [2.45, 2.75) is 38.1 Å². The Labute approximate surface area is 79.3 Å². The monoisotopic (exact) mass is 182 g/mol. The highest BCUT2D eigenvalue weighted by atomic mass is 16.2. The first kappa shape index (κ1) is 9.00. The first-order chi connectivity index (χ1) is 6.12. The Morgan fingerprint density at radius 2 is 2.23 bits per heavy atom.